The largest absolute Gasteiger partial charge is 0.314 e. The first-order chi connectivity index (χ1) is 9.15. The Labute approximate surface area is 117 Å². The monoisotopic (exact) mass is 288 g/mol. The molecule has 2 rings (SSSR count). The Bertz CT molecular complexity index is 434. The van der Waals surface area contributed by atoms with Crippen LogP contribution in [0.2, 0.25) is 5.02 Å². The van der Waals surface area contributed by atoms with E-state index < -0.39 is 11.6 Å². The van der Waals surface area contributed by atoms with Crippen molar-refractivity contribution in [2.24, 2.45) is 0 Å². The van der Waals surface area contributed by atoms with Gasteiger partial charge in [0.1, 0.15) is 11.6 Å². The fourth-order valence-electron chi connectivity index (χ4n) is 2.62. The average Bonchev–Trinajstić information content (AvgIpc) is 2.43. The Balaban J connectivity index is 2.35. The molecule has 0 radical (unpaired) electrons. The van der Waals surface area contributed by atoms with Gasteiger partial charge in [-0.2, -0.15) is 0 Å². The zero-order valence-corrected chi connectivity index (χ0v) is 11.8. The summed E-state index contributed by atoms with van der Waals surface area (Å²) in [6.45, 7) is 5.33. The van der Waals surface area contributed by atoms with E-state index in [9.17, 15) is 8.78 Å². The maximum absolute atomic E-state index is 14.2. The van der Waals surface area contributed by atoms with Crippen LogP contribution in [0.3, 0.4) is 0 Å². The van der Waals surface area contributed by atoms with Gasteiger partial charge < -0.3 is 5.32 Å². The molecule has 0 aromatic heterocycles. The molecule has 0 amide bonds. The Morgan fingerprint density at radius 1 is 1.32 bits per heavy atom. The number of hydrogen-bond donors (Lipinski definition) is 1. The molecular weight excluding hydrogens is 270 g/mol. The van der Waals surface area contributed by atoms with Gasteiger partial charge in [0, 0.05) is 37.8 Å². The lowest BCUT2D eigenvalue weighted by atomic mass is 9.98. The maximum Gasteiger partial charge on any atom is 0.149 e. The zero-order valence-electron chi connectivity index (χ0n) is 11.1. The van der Waals surface area contributed by atoms with Crippen LogP contribution in [0.1, 0.15) is 31.4 Å². The van der Waals surface area contributed by atoms with Gasteiger partial charge in [0.15, 0.2) is 0 Å². The van der Waals surface area contributed by atoms with Crippen LogP contribution in [0.15, 0.2) is 12.1 Å². The molecule has 1 atom stereocenters. The summed E-state index contributed by atoms with van der Waals surface area (Å²) < 4.78 is 28.2. The molecule has 2 nitrogen and oxygen atoms in total. The van der Waals surface area contributed by atoms with E-state index in [0.29, 0.717) is 0 Å². The van der Waals surface area contributed by atoms with Crippen LogP contribution in [0.5, 0.6) is 0 Å². The molecular formula is C14H19ClF2N2. The number of nitrogens with zero attached hydrogens (tertiary/aromatic N) is 1. The van der Waals surface area contributed by atoms with Crippen LogP contribution in [0, 0.1) is 11.6 Å². The van der Waals surface area contributed by atoms with E-state index in [1.165, 1.54) is 12.1 Å². The van der Waals surface area contributed by atoms with Gasteiger partial charge in [-0.05, 0) is 18.6 Å². The standard InChI is InChI=1S/C14H19ClF2N2/c1-2-3-12(19-8-6-18-7-9-19)13-11(16)5-4-10(15)14(13)17/h4-5,12,18H,2-3,6-9H2,1H3/t12-/m1/s1. The highest BCUT2D eigenvalue weighted by Crippen LogP contribution is 2.33. The van der Waals surface area contributed by atoms with Gasteiger partial charge in [0.25, 0.3) is 0 Å². The molecule has 106 valence electrons. The van der Waals surface area contributed by atoms with Gasteiger partial charge in [-0.1, -0.05) is 24.9 Å². The van der Waals surface area contributed by atoms with Gasteiger partial charge in [0.05, 0.1) is 5.02 Å². The minimum atomic E-state index is -0.612. The molecule has 1 N–H and O–H groups in total. The number of halogens is 3. The predicted molar refractivity (Wildman–Crippen MR) is 73.5 cm³/mol. The van der Waals surface area contributed by atoms with Gasteiger partial charge in [-0.3, -0.25) is 4.90 Å². The molecule has 0 unspecified atom stereocenters. The molecule has 1 aliphatic rings. The van der Waals surface area contributed by atoms with Crippen LogP contribution in [-0.4, -0.2) is 31.1 Å². The summed E-state index contributed by atoms with van der Waals surface area (Å²) in [5.41, 5.74) is 0.122. The SMILES string of the molecule is CCC[C@H](c1c(F)ccc(Cl)c1F)N1CCNCC1. The Morgan fingerprint density at radius 2 is 2.00 bits per heavy atom. The summed E-state index contributed by atoms with van der Waals surface area (Å²) in [5, 5.41) is 3.24. The quantitative estimate of drug-likeness (QED) is 0.855. The van der Waals surface area contributed by atoms with Crippen molar-refractivity contribution in [2.75, 3.05) is 26.2 Å². The fraction of sp³-hybridized carbons (Fsp3) is 0.571. The summed E-state index contributed by atoms with van der Waals surface area (Å²) in [6.07, 6.45) is 1.61. The van der Waals surface area contributed by atoms with Crippen molar-refractivity contribution in [3.05, 3.63) is 34.4 Å². The first-order valence-electron chi connectivity index (χ1n) is 6.73. The van der Waals surface area contributed by atoms with Gasteiger partial charge in [0.2, 0.25) is 0 Å². The van der Waals surface area contributed by atoms with Crippen molar-refractivity contribution < 1.29 is 8.78 Å². The third-order valence-corrected chi connectivity index (χ3v) is 3.86. The summed E-state index contributed by atoms with van der Waals surface area (Å²) in [4.78, 5) is 2.14. The molecule has 5 heteroatoms. The van der Waals surface area contributed by atoms with Crippen LogP contribution in [-0.2, 0) is 0 Å². The Kier molecular flexibility index (Phi) is 5.13. The average molecular weight is 289 g/mol. The minimum Gasteiger partial charge on any atom is -0.314 e. The normalized spacial score (nSPS) is 18.5. The second-order valence-electron chi connectivity index (χ2n) is 4.85. The van der Waals surface area contributed by atoms with Crippen molar-refractivity contribution in [3.63, 3.8) is 0 Å². The molecule has 0 spiro atoms. The summed E-state index contributed by atoms with van der Waals surface area (Å²) in [7, 11) is 0. The number of piperazine rings is 1. The van der Waals surface area contributed by atoms with E-state index in [0.717, 1.165) is 39.0 Å². The molecule has 1 aromatic carbocycles. The van der Waals surface area contributed by atoms with E-state index in [2.05, 4.69) is 10.2 Å². The van der Waals surface area contributed by atoms with Crippen LogP contribution in [0.25, 0.3) is 0 Å². The number of benzene rings is 1. The third kappa shape index (κ3) is 3.25. The van der Waals surface area contributed by atoms with Gasteiger partial charge in [-0.25, -0.2) is 8.78 Å². The van der Waals surface area contributed by atoms with Crippen molar-refractivity contribution >= 4 is 11.6 Å². The molecule has 1 heterocycles. The Hall–Kier alpha value is -0.710. The van der Waals surface area contributed by atoms with E-state index in [-0.39, 0.29) is 16.6 Å². The highest BCUT2D eigenvalue weighted by Gasteiger charge is 2.27. The third-order valence-electron chi connectivity index (χ3n) is 3.57. The summed E-state index contributed by atoms with van der Waals surface area (Å²) in [5.74, 6) is -1.11. The molecule has 0 bridgehead atoms. The zero-order chi connectivity index (χ0) is 13.8. The highest BCUT2D eigenvalue weighted by molar-refractivity contribution is 6.30. The molecule has 1 fully saturated rings. The van der Waals surface area contributed by atoms with Crippen LogP contribution >= 0.6 is 11.6 Å². The molecule has 0 saturated carbocycles. The lowest BCUT2D eigenvalue weighted by molar-refractivity contribution is 0.158. The molecule has 1 aromatic rings. The minimum absolute atomic E-state index is 0.00682. The van der Waals surface area contributed by atoms with E-state index >= 15 is 0 Å². The lowest BCUT2D eigenvalue weighted by Crippen LogP contribution is -2.45. The lowest BCUT2D eigenvalue weighted by Gasteiger charge is -2.35. The summed E-state index contributed by atoms with van der Waals surface area (Å²) in [6, 6.07) is 2.30. The maximum atomic E-state index is 14.2. The second-order valence-corrected chi connectivity index (χ2v) is 5.25. The second kappa shape index (κ2) is 6.64. The number of rotatable bonds is 4. The van der Waals surface area contributed by atoms with Gasteiger partial charge in [-0.15, -0.1) is 0 Å². The topological polar surface area (TPSA) is 15.3 Å². The first-order valence-corrected chi connectivity index (χ1v) is 7.11. The van der Waals surface area contributed by atoms with Crippen molar-refractivity contribution in [1.29, 1.82) is 0 Å². The number of nitrogens with one attached hydrogen (secondary N) is 1. The summed E-state index contributed by atoms with van der Waals surface area (Å²) >= 11 is 5.80. The fourth-order valence-corrected chi connectivity index (χ4v) is 2.79. The number of hydrogen-bond acceptors (Lipinski definition) is 2. The molecule has 0 aliphatic carbocycles. The van der Waals surface area contributed by atoms with Crippen molar-refractivity contribution in [1.82, 2.24) is 10.2 Å². The van der Waals surface area contributed by atoms with E-state index in [4.69, 9.17) is 11.6 Å². The Morgan fingerprint density at radius 3 is 2.63 bits per heavy atom. The van der Waals surface area contributed by atoms with Crippen LogP contribution in [0.4, 0.5) is 8.78 Å². The molecule has 19 heavy (non-hydrogen) atoms. The first kappa shape index (κ1) is 14.7. The van der Waals surface area contributed by atoms with E-state index in [1.54, 1.807) is 0 Å². The van der Waals surface area contributed by atoms with Crippen molar-refractivity contribution in [3.8, 4) is 0 Å². The van der Waals surface area contributed by atoms with E-state index in [1.807, 2.05) is 6.92 Å². The van der Waals surface area contributed by atoms with Crippen LogP contribution < -0.4 is 5.32 Å². The molecule has 1 saturated heterocycles. The van der Waals surface area contributed by atoms with Gasteiger partial charge >= 0.3 is 0 Å². The van der Waals surface area contributed by atoms with Crippen molar-refractivity contribution in [2.45, 2.75) is 25.8 Å². The predicted octanol–water partition coefficient (Wildman–Crippen LogP) is 3.36. The smallest absolute Gasteiger partial charge is 0.149 e. The molecule has 1 aliphatic heterocycles. The highest BCUT2D eigenvalue weighted by atomic mass is 35.5.